The molecule has 22 heavy (non-hydrogen) atoms. The summed E-state index contributed by atoms with van der Waals surface area (Å²) in [6.45, 7) is -0.193. The Kier molecular flexibility index (Phi) is 4.13. The van der Waals surface area contributed by atoms with Crippen LogP contribution in [0.25, 0.3) is 11.0 Å². The molecule has 1 heterocycles. The van der Waals surface area contributed by atoms with E-state index in [0.717, 1.165) is 10.9 Å². The number of rotatable bonds is 4. The van der Waals surface area contributed by atoms with Gasteiger partial charge in [-0.3, -0.25) is 4.79 Å². The zero-order valence-electron chi connectivity index (χ0n) is 11.6. The molecule has 2 N–H and O–H groups in total. The van der Waals surface area contributed by atoms with E-state index < -0.39 is 6.04 Å². The predicted octanol–water partition coefficient (Wildman–Crippen LogP) is 3.55. The number of aliphatic hydroxyl groups excluding tert-OH is 1. The molecular formula is C17H14ClNO3. The van der Waals surface area contributed by atoms with Crippen LogP contribution in [0.15, 0.2) is 59.0 Å². The van der Waals surface area contributed by atoms with Crippen LogP contribution in [0.4, 0.5) is 0 Å². The number of carbonyl (C=O) groups is 1. The van der Waals surface area contributed by atoms with E-state index in [-0.39, 0.29) is 18.3 Å². The lowest BCUT2D eigenvalue weighted by Crippen LogP contribution is -2.30. The highest BCUT2D eigenvalue weighted by molar-refractivity contribution is 6.31. The van der Waals surface area contributed by atoms with Crippen LogP contribution in [0.1, 0.15) is 22.2 Å². The van der Waals surface area contributed by atoms with Crippen molar-refractivity contribution in [3.05, 3.63) is 70.9 Å². The number of aliphatic hydroxyl groups is 1. The zero-order valence-corrected chi connectivity index (χ0v) is 12.4. The highest BCUT2D eigenvalue weighted by Gasteiger charge is 2.18. The number of halogens is 1. The molecule has 0 aliphatic carbocycles. The second kappa shape index (κ2) is 6.22. The molecule has 4 nitrogen and oxygen atoms in total. The van der Waals surface area contributed by atoms with Gasteiger partial charge in [0, 0.05) is 10.4 Å². The van der Waals surface area contributed by atoms with Gasteiger partial charge in [-0.2, -0.15) is 0 Å². The molecule has 5 heteroatoms. The number of furan rings is 1. The van der Waals surface area contributed by atoms with E-state index in [4.69, 9.17) is 16.0 Å². The SMILES string of the molecule is O=C(N[C@H](CO)c1ccccc1)c1cc2cc(Cl)ccc2o1. The average molecular weight is 316 g/mol. The fraction of sp³-hybridized carbons (Fsp3) is 0.118. The van der Waals surface area contributed by atoms with E-state index >= 15 is 0 Å². The molecule has 0 aliphatic rings. The van der Waals surface area contributed by atoms with E-state index in [1.54, 1.807) is 24.3 Å². The Morgan fingerprint density at radius 3 is 2.68 bits per heavy atom. The van der Waals surface area contributed by atoms with Crippen LogP contribution in [-0.4, -0.2) is 17.6 Å². The van der Waals surface area contributed by atoms with Gasteiger partial charge in [0.05, 0.1) is 12.6 Å². The summed E-state index contributed by atoms with van der Waals surface area (Å²) in [5.74, 6) is -0.193. The first-order valence-electron chi connectivity index (χ1n) is 6.83. The second-order valence-electron chi connectivity index (χ2n) is 4.91. The Hall–Kier alpha value is -2.30. The van der Waals surface area contributed by atoms with Crippen molar-refractivity contribution in [3.8, 4) is 0 Å². The fourth-order valence-electron chi connectivity index (χ4n) is 2.28. The molecule has 0 unspecified atom stereocenters. The van der Waals surface area contributed by atoms with Gasteiger partial charge < -0.3 is 14.8 Å². The van der Waals surface area contributed by atoms with Gasteiger partial charge in [0.25, 0.3) is 5.91 Å². The molecule has 112 valence electrons. The maximum absolute atomic E-state index is 12.3. The van der Waals surface area contributed by atoms with E-state index in [1.165, 1.54) is 0 Å². The molecule has 0 spiro atoms. The molecule has 0 fully saturated rings. The van der Waals surface area contributed by atoms with Crippen molar-refractivity contribution in [2.24, 2.45) is 0 Å². The van der Waals surface area contributed by atoms with Crippen LogP contribution in [0.5, 0.6) is 0 Å². The van der Waals surface area contributed by atoms with E-state index in [9.17, 15) is 9.90 Å². The number of amides is 1. The van der Waals surface area contributed by atoms with Crippen molar-refractivity contribution in [2.45, 2.75) is 6.04 Å². The lowest BCUT2D eigenvalue weighted by molar-refractivity contribution is 0.0890. The molecular weight excluding hydrogens is 302 g/mol. The summed E-state index contributed by atoms with van der Waals surface area (Å²) in [4.78, 5) is 12.3. The summed E-state index contributed by atoms with van der Waals surface area (Å²) >= 11 is 5.92. The van der Waals surface area contributed by atoms with Crippen molar-refractivity contribution < 1.29 is 14.3 Å². The highest BCUT2D eigenvalue weighted by Crippen LogP contribution is 2.23. The summed E-state index contributed by atoms with van der Waals surface area (Å²) in [5, 5.41) is 13.6. The maximum Gasteiger partial charge on any atom is 0.287 e. The number of benzene rings is 2. The van der Waals surface area contributed by atoms with Gasteiger partial charge in [0.2, 0.25) is 0 Å². The van der Waals surface area contributed by atoms with Gasteiger partial charge in [-0.25, -0.2) is 0 Å². The van der Waals surface area contributed by atoms with Crippen LogP contribution in [0.2, 0.25) is 5.02 Å². The molecule has 0 aliphatic heterocycles. The van der Waals surface area contributed by atoms with E-state index in [0.29, 0.717) is 10.6 Å². The first-order valence-corrected chi connectivity index (χ1v) is 7.21. The molecule has 3 aromatic rings. The van der Waals surface area contributed by atoms with Crippen molar-refractivity contribution in [3.63, 3.8) is 0 Å². The van der Waals surface area contributed by atoms with Crippen molar-refractivity contribution >= 4 is 28.5 Å². The smallest absolute Gasteiger partial charge is 0.287 e. The number of carbonyl (C=O) groups excluding carboxylic acids is 1. The van der Waals surface area contributed by atoms with Crippen LogP contribution in [-0.2, 0) is 0 Å². The number of nitrogens with one attached hydrogen (secondary N) is 1. The van der Waals surface area contributed by atoms with Gasteiger partial charge in [-0.15, -0.1) is 0 Å². The third-order valence-corrected chi connectivity index (χ3v) is 3.63. The van der Waals surface area contributed by atoms with Crippen molar-refractivity contribution in [2.75, 3.05) is 6.61 Å². The molecule has 1 amide bonds. The van der Waals surface area contributed by atoms with Gasteiger partial charge in [0.1, 0.15) is 5.58 Å². The van der Waals surface area contributed by atoms with Crippen molar-refractivity contribution in [1.29, 1.82) is 0 Å². The van der Waals surface area contributed by atoms with Crippen LogP contribution in [0.3, 0.4) is 0 Å². The van der Waals surface area contributed by atoms with Gasteiger partial charge in [-0.1, -0.05) is 41.9 Å². The Morgan fingerprint density at radius 1 is 1.18 bits per heavy atom. The molecule has 0 saturated carbocycles. The predicted molar refractivity (Wildman–Crippen MR) is 85.0 cm³/mol. The third-order valence-electron chi connectivity index (χ3n) is 3.39. The first-order chi connectivity index (χ1) is 10.7. The maximum atomic E-state index is 12.3. The lowest BCUT2D eigenvalue weighted by atomic mass is 10.1. The molecule has 0 saturated heterocycles. The molecule has 1 atom stereocenters. The minimum atomic E-state index is -0.481. The molecule has 0 radical (unpaired) electrons. The van der Waals surface area contributed by atoms with Gasteiger partial charge in [-0.05, 0) is 29.8 Å². The Balaban J connectivity index is 1.83. The Bertz CT molecular complexity index is 798. The largest absolute Gasteiger partial charge is 0.451 e. The van der Waals surface area contributed by atoms with Gasteiger partial charge >= 0.3 is 0 Å². The summed E-state index contributed by atoms with van der Waals surface area (Å²) < 4.78 is 5.51. The molecule has 0 bridgehead atoms. The molecule has 2 aromatic carbocycles. The van der Waals surface area contributed by atoms with Crippen LogP contribution in [0, 0.1) is 0 Å². The van der Waals surface area contributed by atoms with Gasteiger partial charge in [0.15, 0.2) is 5.76 Å². The quantitative estimate of drug-likeness (QED) is 0.774. The number of hydrogen-bond acceptors (Lipinski definition) is 3. The zero-order chi connectivity index (χ0) is 15.5. The second-order valence-corrected chi connectivity index (χ2v) is 5.35. The summed E-state index contributed by atoms with van der Waals surface area (Å²) in [5.41, 5.74) is 1.42. The summed E-state index contributed by atoms with van der Waals surface area (Å²) in [6, 6.07) is 15.6. The summed E-state index contributed by atoms with van der Waals surface area (Å²) in [7, 11) is 0. The Labute approximate surface area is 132 Å². The number of hydrogen-bond donors (Lipinski definition) is 2. The fourth-order valence-corrected chi connectivity index (χ4v) is 2.46. The van der Waals surface area contributed by atoms with E-state index in [2.05, 4.69) is 5.32 Å². The first kappa shape index (κ1) is 14.6. The third kappa shape index (κ3) is 2.98. The normalized spacial score (nSPS) is 12.3. The lowest BCUT2D eigenvalue weighted by Gasteiger charge is -2.15. The minimum absolute atomic E-state index is 0.187. The average Bonchev–Trinajstić information content (AvgIpc) is 2.96. The van der Waals surface area contributed by atoms with E-state index in [1.807, 2.05) is 30.3 Å². The van der Waals surface area contributed by atoms with Crippen molar-refractivity contribution in [1.82, 2.24) is 5.32 Å². The topological polar surface area (TPSA) is 62.5 Å². The monoisotopic (exact) mass is 315 g/mol. The van der Waals surface area contributed by atoms with Crippen LogP contribution < -0.4 is 5.32 Å². The highest BCUT2D eigenvalue weighted by atomic mass is 35.5. The Morgan fingerprint density at radius 2 is 1.95 bits per heavy atom. The number of fused-ring (bicyclic) bond motifs is 1. The standard InChI is InChI=1S/C17H14ClNO3/c18-13-6-7-15-12(8-13)9-16(22-15)17(21)19-14(10-20)11-4-2-1-3-5-11/h1-9,14,20H,10H2,(H,19,21)/t14-/m1/s1. The molecule has 3 rings (SSSR count). The van der Waals surface area contributed by atoms with Crippen LogP contribution >= 0.6 is 11.6 Å². The molecule has 1 aromatic heterocycles. The summed E-state index contributed by atoms with van der Waals surface area (Å²) in [6.07, 6.45) is 0. The minimum Gasteiger partial charge on any atom is -0.451 e.